The van der Waals surface area contributed by atoms with E-state index in [0.717, 1.165) is 67.1 Å². The average molecular weight is 406 g/mol. The lowest BCUT2D eigenvalue weighted by Gasteiger charge is -2.33. The number of amidine groups is 1. The van der Waals surface area contributed by atoms with E-state index in [9.17, 15) is 5.11 Å². The molecule has 0 aliphatic carbocycles. The van der Waals surface area contributed by atoms with Crippen molar-refractivity contribution >= 4 is 22.3 Å². The predicted molar refractivity (Wildman–Crippen MR) is 117 cm³/mol. The predicted octanol–water partition coefficient (Wildman–Crippen LogP) is 2.36. The monoisotopic (exact) mass is 405 g/mol. The lowest BCUT2D eigenvalue weighted by Crippen LogP contribution is -2.46. The topological polar surface area (TPSA) is 81.8 Å². The number of hydrogen-bond acceptors (Lipinski definition) is 7. The highest BCUT2D eigenvalue weighted by molar-refractivity contribution is 5.96. The molecule has 0 saturated carbocycles. The first-order valence-corrected chi connectivity index (χ1v) is 10.6. The van der Waals surface area contributed by atoms with Crippen LogP contribution in [0.15, 0.2) is 54.0 Å². The molecule has 2 atom stereocenters. The molecule has 1 saturated heterocycles. The highest BCUT2D eigenvalue weighted by Gasteiger charge is 2.32. The van der Waals surface area contributed by atoms with E-state index in [4.69, 9.17) is 0 Å². The second-order valence-electron chi connectivity index (χ2n) is 7.92. The molecular formula is C22H27N7O. The molecule has 0 bridgehead atoms. The molecule has 4 heterocycles. The van der Waals surface area contributed by atoms with Crippen molar-refractivity contribution in [3.8, 4) is 0 Å². The molecule has 8 heteroatoms. The lowest BCUT2D eigenvalue weighted by atomic mass is 9.97. The number of piperidine rings is 1. The summed E-state index contributed by atoms with van der Waals surface area (Å²) in [5, 5.41) is 14.5. The Morgan fingerprint density at radius 2 is 2.17 bits per heavy atom. The zero-order valence-corrected chi connectivity index (χ0v) is 17.1. The summed E-state index contributed by atoms with van der Waals surface area (Å²) in [5.41, 5.74) is 4.29. The van der Waals surface area contributed by atoms with Crippen LogP contribution in [0.1, 0.15) is 25.6 Å². The van der Waals surface area contributed by atoms with Gasteiger partial charge in [-0.1, -0.05) is 12.1 Å². The van der Waals surface area contributed by atoms with Crippen LogP contribution in [-0.4, -0.2) is 49.8 Å². The van der Waals surface area contributed by atoms with Crippen LogP contribution in [0.4, 0.5) is 5.69 Å². The molecule has 0 amide bonds. The summed E-state index contributed by atoms with van der Waals surface area (Å²) in [7, 11) is 0. The molecule has 30 heavy (non-hydrogen) atoms. The zero-order valence-electron chi connectivity index (χ0n) is 17.1. The molecule has 8 nitrogen and oxygen atoms in total. The van der Waals surface area contributed by atoms with Crippen molar-refractivity contribution in [3.63, 3.8) is 0 Å². The molecule has 2 N–H and O–H groups in total. The molecule has 2 aliphatic rings. The molecular weight excluding hydrogens is 378 g/mol. The van der Waals surface area contributed by atoms with E-state index in [0.29, 0.717) is 0 Å². The third-order valence-corrected chi connectivity index (χ3v) is 6.04. The fraction of sp³-hybridized carbons (Fsp3) is 0.409. The number of likely N-dealkylation sites (tertiary alicyclic amines) is 1. The number of aliphatic imine (C=N–C) groups is 1. The fourth-order valence-electron chi connectivity index (χ4n) is 4.49. The number of imidazole rings is 1. The zero-order chi connectivity index (χ0) is 20.5. The Balaban J connectivity index is 1.31. The maximum atomic E-state index is 10.7. The Bertz CT molecular complexity index is 1060. The fourth-order valence-corrected chi connectivity index (χ4v) is 4.49. The Morgan fingerprint density at radius 1 is 1.23 bits per heavy atom. The molecule has 1 fully saturated rings. The van der Waals surface area contributed by atoms with E-state index in [1.54, 1.807) is 11.2 Å². The molecule has 2 aromatic heterocycles. The Hall–Kier alpha value is -2.97. The number of nitrogens with zero attached hydrogens (tertiary/aromatic N) is 6. The van der Waals surface area contributed by atoms with Gasteiger partial charge in [0.2, 0.25) is 6.35 Å². The van der Waals surface area contributed by atoms with Gasteiger partial charge < -0.3 is 9.67 Å². The number of fused-ring (bicyclic) bond motifs is 1. The SMILES string of the molecule is CCn1ccnc1CN1CCCC(C2=NC(O)N(c3cccc4cnccc34)N2)C1. The minimum absolute atomic E-state index is 0.264. The number of aromatic nitrogens is 3. The molecule has 2 unspecified atom stereocenters. The van der Waals surface area contributed by atoms with Crippen LogP contribution in [0.25, 0.3) is 10.8 Å². The van der Waals surface area contributed by atoms with Crippen molar-refractivity contribution in [2.45, 2.75) is 39.2 Å². The minimum Gasteiger partial charge on any atom is -0.354 e. The van der Waals surface area contributed by atoms with Gasteiger partial charge >= 0.3 is 0 Å². The van der Waals surface area contributed by atoms with E-state index in [1.807, 2.05) is 42.9 Å². The van der Waals surface area contributed by atoms with Crippen molar-refractivity contribution in [1.82, 2.24) is 24.9 Å². The van der Waals surface area contributed by atoms with Crippen LogP contribution in [-0.2, 0) is 13.1 Å². The minimum atomic E-state index is -0.937. The van der Waals surface area contributed by atoms with Gasteiger partial charge in [0, 0.05) is 54.6 Å². The number of anilines is 1. The van der Waals surface area contributed by atoms with E-state index in [-0.39, 0.29) is 5.92 Å². The number of hydrogen-bond donors (Lipinski definition) is 2. The number of rotatable bonds is 5. The Morgan fingerprint density at radius 3 is 3.07 bits per heavy atom. The Labute approximate surface area is 175 Å². The molecule has 156 valence electrons. The molecule has 3 aromatic rings. The maximum Gasteiger partial charge on any atom is 0.244 e. The summed E-state index contributed by atoms with van der Waals surface area (Å²) in [6, 6.07) is 7.96. The van der Waals surface area contributed by atoms with Gasteiger partial charge in [0.05, 0.1) is 12.2 Å². The quantitative estimate of drug-likeness (QED) is 0.678. The smallest absolute Gasteiger partial charge is 0.244 e. The Kier molecular flexibility index (Phi) is 5.10. The van der Waals surface area contributed by atoms with Gasteiger partial charge in [0.25, 0.3) is 0 Å². The van der Waals surface area contributed by atoms with Gasteiger partial charge in [0.15, 0.2) is 0 Å². The summed E-state index contributed by atoms with van der Waals surface area (Å²) in [6.45, 7) is 5.88. The van der Waals surface area contributed by atoms with Gasteiger partial charge in [-0.3, -0.25) is 15.3 Å². The van der Waals surface area contributed by atoms with Crippen LogP contribution >= 0.6 is 0 Å². The van der Waals surface area contributed by atoms with E-state index in [1.165, 1.54) is 0 Å². The standard InChI is InChI=1S/C22H27N7O/c1-2-28-12-10-24-20(28)15-27-11-4-6-17(14-27)21-25-22(30)29(26-21)19-7-3-5-16-13-23-9-8-18(16)19/h3,5,7-10,12-13,17,22,30H,2,4,6,11,14-15H2,1H3,(H,25,26). The summed E-state index contributed by atoms with van der Waals surface area (Å²) in [6.07, 6.45) is 8.74. The molecule has 5 rings (SSSR count). The lowest BCUT2D eigenvalue weighted by molar-refractivity contribution is 0.183. The number of benzene rings is 1. The number of aliphatic hydroxyl groups is 1. The molecule has 2 aliphatic heterocycles. The largest absolute Gasteiger partial charge is 0.354 e. The number of pyridine rings is 1. The molecule has 0 spiro atoms. The third kappa shape index (κ3) is 3.53. The van der Waals surface area contributed by atoms with E-state index >= 15 is 0 Å². The average Bonchev–Trinajstić information content (AvgIpc) is 3.39. The van der Waals surface area contributed by atoms with E-state index in [2.05, 4.69) is 36.8 Å². The second kappa shape index (κ2) is 8.04. The van der Waals surface area contributed by atoms with Crippen molar-refractivity contribution in [2.24, 2.45) is 10.9 Å². The second-order valence-corrected chi connectivity index (χ2v) is 7.92. The number of aliphatic hydroxyl groups excluding tert-OH is 1. The van der Waals surface area contributed by atoms with Gasteiger partial charge in [-0.25, -0.2) is 15.0 Å². The first kappa shape index (κ1) is 19.0. The van der Waals surface area contributed by atoms with E-state index < -0.39 is 6.35 Å². The highest BCUT2D eigenvalue weighted by atomic mass is 16.3. The van der Waals surface area contributed by atoms with Crippen LogP contribution < -0.4 is 10.4 Å². The van der Waals surface area contributed by atoms with Gasteiger partial charge in [-0.15, -0.1) is 0 Å². The summed E-state index contributed by atoms with van der Waals surface area (Å²) in [5.74, 6) is 2.22. The van der Waals surface area contributed by atoms with Gasteiger partial charge in [-0.2, -0.15) is 0 Å². The maximum absolute atomic E-state index is 10.7. The normalized spacial score (nSPS) is 22.3. The van der Waals surface area contributed by atoms with Crippen LogP contribution in [0.5, 0.6) is 0 Å². The van der Waals surface area contributed by atoms with Crippen molar-refractivity contribution < 1.29 is 5.11 Å². The number of hydrazine groups is 1. The summed E-state index contributed by atoms with van der Waals surface area (Å²) >= 11 is 0. The first-order valence-electron chi connectivity index (χ1n) is 10.6. The number of nitrogens with one attached hydrogen (secondary N) is 1. The van der Waals surface area contributed by atoms with Crippen molar-refractivity contribution in [2.75, 3.05) is 18.1 Å². The summed E-state index contributed by atoms with van der Waals surface area (Å²) < 4.78 is 2.19. The third-order valence-electron chi connectivity index (χ3n) is 6.04. The van der Waals surface area contributed by atoms with Crippen LogP contribution in [0, 0.1) is 5.92 Å². The number of aryl methyl sites for hydroxylation is 1. The van der Waals surface area contributed by atoms with Crippen LogP contribution in [0.3, 0.4) is 0 Å². The van der Waals surface area contributed by atoms with Crippen molar-refractivity contribution in [1.29, 1.82) is 0 Å². The van der Waals surface area contributed by atoms with Gasteiger partial charge in [-0.05, 0) is 38.4 Å². The molecule has 1 aromatic carbocycles. The van der Waals surface area contributed by atoms with Gasteiger partial charge in [0.1, 0.15) is 11.7 Å². The van der Waals surface area contributed by atoms with Crippen LogP contribution in [0.2, 0.25) is 0 Å². The highest BCUT2D eigenvalue weighted by Crippen LogP contribution is 2.29. The summed E-state index contributed by atoms with van der Waals surface area (Å²) in [4.78, 5) is 15.7. The molecule has 0 radical (unpaired) electrons. The van der Waals surface area contributed by atoms with Crippen molar-refractivity contribution in [3.05, 3.63) is 54.9 Å². The first-order chi connectivity index (χ1) is 14.7.